The molecule has 9 aliphatic heterocycles. The summed E-state index contributed by atoms with van der Waals surface area (Å²) in [7, 11) is 1.62. The van der Waals surface area contributed by atoms with Crippen LogP contribution in [0, 0.1) is 23.7 Å². The van der Waals surface area contributed by atoms with Gasteiger partial charge in [-0.1, -0.05) is 20.1 Å². The van der Waals surface area contributed by atoms with Crippen molar-refractivity contribution in [2.75, 3.05) is 73.1 Å². The number of hydrogen-bond acceptors (Lipinski definition) is 18. The molecular formula is C56H84N2O18. The van der Waals surface area contributed by atoms with E-state index in [2.05, 4.69) is 25.4 Å². The molecule has 8 saturated heterocycles. The second-order valence-electron chi connectivity index (χ2n) is 23.1. The van der Waals surface area contributed by atoms with Crippen LogP contribution in [0.1, 0.15) is 96.8 Å². The van der Waals surface area contributed by atoms with Crippen molar-refractivity contribution >= 4 is 17.6 Å². The number of ether oxygens (including phenoxy) is 12. The normalized spacial score (nSPS) is 42.4. The molecule has 20 nitrogen and oxygen atoms in total. The van der Waals surface area contributed by atoms with Crippen LogP contribution >= 0.6 is 0 Å². The number of hydrogen-bond donors (Lipinski definition) is 4. The molecule has 0 radical (unpaired) electrons. The van der Waals surface area contributed by atoms with Gasteiger partial charge in [-0.3, -0.25) is 14.4 Å². The first kappa shape index (κ1) is 56.5. The molecule has 1 unspecified atom stereocenters. The van der Waals surface area contributed by atoms with Gasteiger partial charge >= 0.3 is 0 Å². The van der Waals surface area contributed by atoms with E-state index in [4.69, 9.17) is 56.8 Å². The van der Waals surface area contributed by atoms with Crippen LogP contribution in [-0.4, -0.2) is 214 Å². The number of carbonyl (C=O) groups is 3. The van der Waals surface area contributed by atoms with E-state index in [1.807, 2.05) is 0 Å². The molecule has 0 aromatic heterocycles. The summed E-state index contributed by atoms with van der Waals surface area (Å²) in [5.41, 5.74) is 2.08. The summed E-state index contributed by atoms with van der Waals surface area (Å²) in [5.74, 6) is -1.71. The topological polar surface area (TPSA) is 238 Å². The minimum Gasteiger partial charge on any atom is -0.392 e. The van der Waals surface area contributed by atoms with Crippen LogP contribution in [0.3, 0.4) is 0 Å². The SMILES string of the molecule is C=C1C[C@@H]2CC[C@@]34C[C@@H](O)[C@H]5[C@@H]6O[C@H]7CC[C@H](CC(=O)C[C@@H]8[C@@H](OC)[C@@H](C[C@H](O)CNC(=O)CCOCCOCCOCCOCCN9C(=O)C=CC9O)O[C@H]8C[C@H]8O[C@@H](CC[C@@H]1O2)C[C@@H](C)C8=C)O[C@@H]7[C@H](O3)[C@@H]6[C@@H]5O4. The molecule has 0 aromatic rings. The van der Waals surface area contributed by atoms with Crippen LogP contribution in [0.4, 0.5) is 0 Å². The van der Waals surface area contributed by atoms with Crippen molar-refractivity contribution in [1.29, 1.82) is 0 Å². The minimum absolute atomic E-state index is 0.00230. The summed E-state index contributed by atoms with van der Waals surface area (Å²) in [5, 5.41) is 35.4. The number of Topliss-reactive ketones (excluding diaryl/α,β-unsaturated/α-hetero) is 1. The fourth-order valence-electron chi connectivity index (χ4n) is 14.0. The van der Waals surface area contributed by atoms with E-state index in [0.717, 1.165) is 43.3 Å². The molecule has 20 heteroatoms. The van der Waals surface area contributed by atoms with E-state index in [1.165, 1.54) is 17.1 Å². The second-order valence-corrected chi connectivity index (χ2v) is 23.1. The Bertz CT molecular complexity index is 2060. The summed E-state index contributed by atoms with van der Waals surface area (Å²) in [6.07, 6.45) is 4.16. The quantitative estimate of drug-likeness (QED) is 0.101. The Labute approximate surface area is 446 Å². The molecule has 1 spiro atoms. The molecule has 2 amide bonds. The Morgan fingerprint density at radius 2 is 1.49 bits per heavy atom. The molecule has 9 fully saturated rings. The van der Waals surface area contributed by atoms with Gasteiger partial charge in [0.2, 0.25) is 11.8 Å². The molecule has 1 aliphatic carbocycles. The standard InChI is InChI=1S/C56H84N2O18/c1-31-23-36-5-7-41-32(2)24-38(70-41)11-13-56-29-40(61)49-53-50(54(49)75-56)55(76-56)52-42(74-53)8-6-37(72-52)25-34(59)26-39-44(28-43(71-36)33(31)3)73-45(51(39)65-4)27-35(60)30-57-46(62)12-15-66-17-19-68-21-22-69-20-18-67-16-14-58-47(63)9-10-48(58)64/h9-10,31,35-45,47,49-55,60-61,63H,2-3,5-8,11-30H2,1,4H3,(H,57,62)/t31-,35+,36+,37-,38+,39+,40-,41+,42+,43-,44+,45-,47?,49+,50+,51-,52+,53+,54-,55-,56+/m1/s1. The van der Waals surface area contributed by atoms with Crippen molar-refractivity contribution in [3.63, 3.8) is 0 Å². The summed E-state index contributed by atoms with van der Waals surface area (Å²) in [6, 6.07) is 0. The molecular weight excluding hydrogens is 989 g/mol. The second kappa shape index (κ2) is 25.4. The van der Waals surface area contributed by atoms with Crippen molar-refractivity contribution in [2.24, 2.45) is 23.7 Å². The third-order valence-corrected chi connectivity index (χ3v) is 18.0. The minimum atomic E-state index is -0.957. The number of fused-ring (bicyclic) bond motifs is 7. The van der Waals surface area contributed by atoms with Crippen LogP contribution in [0.15, 0.2) is 36.5 Å². The number of methoxy groups -OCH3 is 1. The highest BCUT2D eigenvalue weighted by molar-refractivity contribution is 5.90. The molecule has 1 saturated carbocycles. The third-order valence-electron chi connectivity index (χ3n) is 18.0. The van der Waals surface area contributed by atoms with Crippen molar-refractivity contribution < 1.29 is 86.5 Å². The number of ketones is 1. The molecule has 0 aromatic carbocycles. The van der Waals surface area contributed by atoms with Gasteiger partial charge < -0.3 is 82.4 Å². The van der Waals surface area contributed by atoms with E-state index in [-0.39, 0.29) is 141 Å². The number of aliphatic hydroxyl groups excluding tert-OH is 3. The smallest absolute Gasteiger partial charge is 0.248 e. The molecule has 21 atom stereocenters. The summed E-state index contributed by atoms with van der Waals surface area (Å²) < 4.78 is 76.1. The number of rotatable bonds is 20. The summed E-state index contributed by atoms with van der Waals surface area (Å²) in [4.78, 5) is 40.2. The molecule has 9 heterocycles. The van der Waals surface area contributed by atoms with Gasteiger partial charge in [-0.15, -0.1) is 0 Å². The van der Waals surface area contributed by atoms with Crippen LogP contribution in [0.2, 0.25) is 0 Å². The summed E-state index contributed by atoms with van der Waals surface area (Å²) >= 11 is 0. The van der Waals surface area contributed by atoms with Gasteiger partial charge in [-0.05, 0) is 68.1 Å². The number of amides is 2. The highest BCUT2D eigenvalue weighted by atomic mass is 16.7. The number of aliphatic hydroxyl groups is 3. The van der Waals surface area contributed by atoms with Crippen molar-refractivity contribution in [1.82, 2.24) is 10.2 Å². The van der Waals surface area contributed by atoms with E-state index < -0.39 is 42.5 Å². The lowest BCUT2D eigenvalue weighted by atomic mass is 9.57. The van der Waals surface area contributed by atoms with Gasteiger partial charge in [0, 0.05) is 89.0 Å². The van der Waals surface area contributed by atoms with Gasteiger partial charge in [-0.2, -0.15) is 0 Å². The van der Waals surface area contributed by atoms with Gasteiger partial charge in [0.05, 0.1) is 138 Å². The van der Waals surface area contributed by atoms with Crippen molar-refractivity contribution in [2.45, 2.75) is 200 Å². The predicted molar refractivity (Wildman–Crippen MR) is 269 cm³/mol. The summed E-state index contributed by atoms with van der Waals surface area (Å²) in [6.45, 7) is 14.0. The highest BCUT2D eigenvalue weighted by Gasteiger charge is 2.72. The zero-order chi connectivity index (χ0) is 53.1. The molecule has 4 N–H and O–H groups in total. The van der Waals surface area contributed by atoms with Crippen LogP contribution < -0.4 is 5.32 Å². The molecule has 10 rings (SSSR count). The molecule has 76 heavy (non-hydrogen) atoms. The Hall–Kier alpha value is -2.77. The van der Waals surface area contributed by atoms with E-state index in [9.17, 15) is 29.7 Å². The number of nitrogens with zero attached hydrogens (tertiary/aromatic N) is 1. The molecule has 426 valence electrons. The molecule has 9 bridgehead atoms. The fourth-order valence-corrected chi connectivity index (χ4v) is 14.0. The van der Waals surface area contributed by atoms with Crippen LogP contribution in [0.25, 0.3) is 0 Å². The monoisotopic (exact) mass is 1070 g/mol. The maximum atomic E-state index is 14.4. The number of carbonyl (C=O) groups excluding carboxylic acids is 3. The third kappa shape index (κ3) is 12.9. The Morgan fingerprint density at radius 1 is 0.776 bits per heavy atom. The lowest BCUT2D eigenvalue weighted by Gasteiger charge is -2.69. The maximum absolute atomic E-state index is 14.4. The Morgan fingerprint density at radius 3 is 2.24 bits per heavy atom. The van der Waals surface area contributed by atoms with E-state index >= 15 is 0 Å². The number of nitrogens with one attached hydrogen (secondary N) is 1. The fraction of sp³-hybridized carbons (Fsp3) is 0.839. The van der Waals surface area contributed by atoms with E-state index in [0.29, 0.717) is 84.9 Å². The zero-order valence-corrected chi connectivity index (χ0v) is 44.5. The van der Waals surface area contributed by atoms with Gasteiger partial charge in [0.1, 0.15) is 18.1 Å². The first-order chi connectivity index (χ1) is 36.8. The van der Waals surface area contributed by atoms with E-state index in [1.54, 1.807) is 7.11 Å². The van der Waals surface area contributed by atoms with Crippen molar-refractivity contribution in [3.8, 4) is 0 Å². The zero-order valence-electron chi connectivity index (χ0n) is 44.5. The van der Waals surface area contributed by atoms with Gasteiger partial charge in [0.15, 0.2) is 5.79 Å². The Balaban J connectivity index is 0.707. The first-order valence-corrected chi connectivity index (χ1v) is 28.4. The van der Waals surface area contributed by atoms with Gasteiger partial charge in [-0.25, -0.2) is 0 Å². The maximum Gasteiger partial charge on any atom is 0.248 e. The average Bonchev–Trinajstić information content (AvgIpc) is 4.16. The lowest BCUT2D eigenvalue weighted by molar-refractivity contribution is -0.470. The highest BCUT2D eigenvalue weighted by Crippen LogP contribution is 2.60. The predicted octanol–water partition coefficient (Wildman–Crippen LogP) is 2.61. The van der Waals surface area contributed by atoms with Crippen LogP contribution in [0.5, 0.6) is 0 Å². The Kier molecular flexibility index (Phi) is 18.8. The van der Waals surface area contributed by atoms with Crippen molar-refractivity contribution in [3.05, 3.63) is 36.5 Å². The average molecular weight is 1070 g/mol. The molecule has 10 aliphatic rings. The van der Waals surface area contributed by atoms with Gasteiger partial charge in [0.25, 0.3) is 0 Å². The van der Waals surface area contributed by atoms with Crippen LogP contribution in [-0.2, 0) is 71.2 Å². The lowest BCUT2D eigenvalue weighted by Crippen LogP contribution is -2.81. The largest absolute Gasteiger partial charge is 0.392 e. The first-order valence-electron chi connectivity index (χ1n) is 28.4.